The molecule has 38 heavy (non-hydrogen) atoms. The second-order valence-electron chi connectivity index (χ2n) is 12.6. The third-order valence-corrected chi connectivity index (χ3v) is 15.4. The van der Waals surface area contributed by atoms with Crippen LogP contribution >= 0.6 is 0 Å². The van der Waals surface area contributed by atoms with Crippen molar-refractivity contribution in [2.24, 2.45) is 0 Å². The van der Waals surface area contributed by atoms with E-state index < -0.39 is 33.0 Å². The average Bonchev–Trinajstić information content (AvgIpc) is 3.47. The first-order valence-electron chi connectivity index (χ1n) is 13.3. The Morgan fingerprint density at radius 2 is 1.18 bits per heavy atom. The summed E-state index contributed by atoms with van der Waals surface area (Å²) in [5, 5.41) is 0. The number of hydrogen-bond acceptors (Lipinski definition) is 0. The van der Waals surface area contributed by atoms with Gasteiger partial charge in [0.2, 0.25) is 0 Å². The Hall–Kier alpha value is -2.32. The third-order valence-electron chi connectivity index (χ3n) is 7.76. The van der Waals surface area contributed by atoms with Crippen LogP contribution in [0.3, 0.4) is 0 Å². The Kier molecular flexibility index (Phi) is 6.96. The molecule has 3 aromatic rings. The van der Waals surface area contributed by atoms with E-state index in [4.69, 9.17) is 0 Å². The molecule has 0 aliphatic heterocycles. The maximum atomic E-state index is 13.5. The first kappa shape index (κ1) is 27.3. The van der Waals surface area contributed by atoms with Gasteiger partial charge in [0.05, 0.1) is 0 Å². The monoisotopic (exact) mass is 590 g/mol. The molecule has 0 amide bonds. The summed E-state index contributed by atoms with van der Waals surface area (Å²) >= 11 is -2.67. The standard InChI is InChI=1S/C21H25.C8H5F3.C5H5.Zr/c1-20(2,3)16-9-7-14-11-15-8-10-17(21(4,5)6)13-19(15)18(14)12-16;1-6-3-2-4-7(5-6)8(9,10)11;1-2-4-5-3-1;/h7-13H,1-6H3;1-5H;1-5H;. The Labute approximate surface area is 232 Å². The van der Waals surface area contributed by atoms with Crippen LogP contribution in [0, 0.1) is 0 Å². The number of allylic oxidation sites excluding steroid dienone is 4. The van der Waals surface area contributed by atoms with Crippen molar-refractivity contribution in [3.8, 4) is 11.1 Å². The summed E-state index contributed by atoms with van der Waals surface area (Å²) in [6.07, 6.45) is 4.34. The van der Waals surface area contributed by atoms with Crippen LogP contribution in [0.1, 0.15) is 78.5 Å². The number of hydrogen-bond donors (Lipinski definition) is 0. The molecule has 3 aromatic carbocycles. The molecule has 4 heteroatoms. The molecule has 0 saturated carbocycles. The van der Waals surface area contributed by atoms with E-state index in [-0.39, 0.29) is 14.5 Å². The summed E-state index contributed by atoms with van der Waals surface area (Å²) in [5.74, 6) is 0. The van der Waals surface area contributed by atoms with E-state index >= 15 is 0 Å². The SMILES string of the molecule is CC(C)(C)c1ccc2c(c1)-c1cc(C(C)(C)C)ccc1[CH]2[Zr](=[CH]c1cccc(C(F)(F)F)c1)[CH]1C=CC=C1. The van der Waals surface area contributed by atoms with E-state index in [1.54, 1.807) is 0 Å². The average molecular weight is 592 g/mol. The zero-order valence-electron chi connectivity index (χ0n) is 22.9. The summed E-state index contributed by atoms with van der Waals surface area (Å²) < 4.78 is 43.4. The molecule has 0 aromatic heterocycles. The topological polar surface area (TPSA) is 0 Å². The summed E-state index contributed by atoms with van der Waals surface area (Å²) in [6.45, 7) is 13.4. The normalized spacial score (nSPS) is 16.3. The van der Waals surface area contributed by atoms with Gasteiger partial charge in [0.25, 0.3) is 0 Å². The third kappa shape index (κ3) is 5.26. The van der Waals surface area contributed by atoms with Gasteiger partial charge in [-0.05, 0) is 0 Å². The number of benzene rings is 3. The van der Waals surface area contributed by atoms with E-state index in [2.05, 4.69) is 106 Å². The molecule has 2 aliphatic carbocycles. The molecule has 0 saturated heterocycles. The van der Waals surface area contributed by atoms with Crippen molar-refractivity contribution in [3.05, 3.63) is 118 Å². The molecule has 2 aliphatic rings. The number of alkyl halides is 3. The zero-order chi connectivity index (χ0) is 27.5. The molecule has 0 N–H and O–H groups in total. The molecule has 0 unspecified atom stereocenters. The molecule has 0 atom stereocenters. The van der Waals surface area contributed by atoms with Crippen molar-refractivity contribution in [3.63, 3.8) is 0 Å². The Morgan fingerprint density at radius 3 is 1.66 bits per heavy atom. The molecular weight excluding hydrogens is 557 g/mol. The van der Waals surface area contributed by atoms with Gasteiger partial charge in [-0.25, -0.2) is 0 Å². The predicted octanol–water partition coefficient (Wildman–Crippen LogP) is 9.75. The van der Waals surface area contributed by atoms with Crippen molar-refractivity contribution in [1.29, 1.82) is 0 Å². The Balaban J connectivity index is 1.75. The van der Waals surface area contributed by atoms with Crippen LogP contribution in [-0.4, -0.2) is 3.71 Å². The number of fused-ring (bicyclic) bond motifs is 3. The molecule has 0 spiro atoms. The molecule has 0 nitrogen and oxygen atoms in total. The van der Waals surface area contributed by atoms with Crippen molar-refractivity contribution in [2.75, 3.05) is 0 Å². The fourth-order valence-electron chi connectivity index (χ4n) is 5.57. The molecule has 5 rings (SSSR count). The van der Waals surface area contributed by atoms with E-state index in [9.17, 15) is 13.2 Å². The van der Waals surface area contributed by atoms with Crippen LogP contribution in [0.5, 0.6) is 0 Å². The molecule has 0 heterocycles. The van der Waals surface area contributed by atoms with Gasteiger partial charge in [-0.1, -0.05) is 0 Å². The molecule has 196 valence electrons. The zero-order valence-corrected chi connectivity index (χ0v) is 25.4. The molecule has 0 fully saturated rings. The number of rotatable bonds is 3. The minimum atomic E-state index is -4.35. The van der Waals surface area contributed by atoms with Gasteiger partial charge >= 0.3 is 233 Å². The summed E-state index contributed by atoms with van der Waals surface area (Å²) in [6, 6.07) is 19.7. The van der Waals surface area contributed by atoms with Gasteiger partial charge < -0.3 is 0 Å². The van der Waals surface area contributed by atoms with Crippen LogP contribution in [0.15, 0.2) is 85.0 Å². The van der Waals surface area contributed by atoms with E-state index in [0.29, 0.717) is 9.19 Å². The van der Waals surface area contributed by atoms with Crippen LogP contribution in [-0.2, 0) is 38.3 Å². The first-order chi connectivity index (χ1) is 17.7. The minimum absolute atomic E-state index is 0.0254. The van der Waals surface area contributed by atoms with Crippen LogP contribution in [0.25, 0.3) is 11.1 Å². The number of halogens is 3. The summed E-state index contributed by atoms with van der Waals surface area (Å²) in [5.41, 5.74) is 8.04. The molecular formula is C34H35F3Zr. The van der Waals surface area contributed by atoms with E-state index in [1.165, 1.54) is 45.5 Å². The van der Waals surface area contributed by atoms with Crippen molar-refractivity contribution >= 4 is 3.71 Å². The van der Waals surface area contributed by atoms with Gasteiger partial charge in [-0.3, -0.25) is 0 Å². The second-order valence-corrected chi connectivity index (χ2v) is 18.8. The van der Waals surface area contributed by atoms with Gasteiger partial charge in [0.15, 0.2) is 0 Å². The van der Waals surface area contributed by atoms with Gasteiger partial charge in [0.1, 0.15) is 0 Å². The fraction of sp³-hybridized carbons (Fsp3) is 0.324. The van der Waals surface area contributed by atoms with E-state index in [0.717, 1.165) is 6.07 Å². The fourth-order valence-corrected chi connectivity index (χ4v) is 13.4. The second kappa shape index (κ2) is 9.70. The van der Waals surface area contributed by atoms with E-state index in [1.807, 2.05) is 6.07 Å². The maximum absolute atomic E-state index is 13.5. The quantitative estimate of drug-likeness (QED) is 0.284. The van der Waals surface area contributed by atoms with Gasteiger partial charge in [-0.15, -0.1) is 0 Å². The molecule has 0 bridgehead atoms. The van der Waals surface area contributed by atoms with Crippen LogP contribution in [0.4, 0.5) is 13.2 Å². The summed E-state index contributed by atoms with van der Waals surface area (Å²) in [4.78, 5) is 0. The van der Waals surface area contributed by atoms with Gasteiger partial charge in [-0.2, -0.15) is 0 Å². The predicted molar refractivity (Wildman–Crippen MR) is 150 cm³/mol. The Morgan fingerprint density at radius 1 is 0.658 bits per heavy atom. The Bertz CT molecular complexity index is 1400. The molecule has 0 radical (unpaired) electrons. The van der Waals surface area contributed by atoms with Crippen molar-refractivity contribution < 1.29 is 34.4 Å². The van der Waals surface area contributed by atoms with Crippen LogP contribution in [0.2, 0.25) is 3.63 Å². The first-order valence-corrected chi connectivity index (χ1v) is 17.5. The van der Waals surface area contributed by atoms with Crippen molar-refractivity contribution in [2.45, 2.75) is 65.8 Å². The van der Waals surface area contributed by atoms with Crippen molar-refractivity contribution in [1.82, 2.24) is 0 Å². The van der Waals surface area contributed by atoms with Gasteiger partial charge in [0, 0.05) is 0 Å². The van der Waals surface area contributed by atoms with Crippen LogP contribution < -0.4 is 0 Å². The summed E-state index contributed by atoms with van der Waals surface area (Å²) in [7, 11) is 0.